The minimum absolute atomic E-state index is 0.325. The highest BCUT2D eigenvalue weighted by Crippen LogP contribution is 2.36. The lowest BCUT2D eigenvalue weighted by Crippen LogP contribution is -2.20. The van der Waals surface area contributed by atoms with Gasteiger partial charge in [0, 0.05) is 12.2 Å². The van der Waals surface area contributed by atoms with Crippen molar-refractivity contribution in [2.24, 2.45) is 0 Å². The molecule has 1 aliphatic carbocycles. The molecule has 1 saturated heterocycles. The minimum Gasteiger partial charge on any atom is -0.303 e. The zero-order valence-corrected chi connectivity index (χ0v) is 17.4. The Bertz CT molecular complexity index is 887. The van der Waals surface area contributed by atoms with Crippen molar-refractivity contribution in [1.82, 2.24) is 4.90 Å². The van der Waals surface area contributed by atoms with E-state index < -0.39 is 10.0 Å². The molecule has 0 spiro atoms. The summed E-state index contributed by atoms with van der Waals surface area (Å²) in [4.78, 5) is 2.83. The number of nitrogens with one attached hydrogen (secondary N) is 1. The van der Waals surface area contributed by atoms with E-state index in [1.54, 1.807) is 12.1 Å². The fourth-order valence-corrected chi connectivity index (χ4v) is 5.38. The average Bonchev–Trinajstić information content (AvgIpc) is 3.10. The predicted octanol–water partition coefficient (Wildman–Crippen LogP) is 4.95. The molecule has 1 saturated carbocycles. The Morgan fingerprint density at radius 3 is 2.18 bits per heavy atom. The van der Waals surface area contributed by atoms with Crippen molar-refractivity contribution in [3.63, 3.8) is 0 Å². The van der Waals surface area contributed by atoms with Crippen molar-refractivity contribution in [2.45, 2.75) is 55.8 Å². The molecule has 2 fully saturated rings. The number of hydrogen-bond acceptors (Lipinski definition) is 3. The fraction of sp³-hybridized carbons (Fsp3) is 0.478. The first-order valence-corrected chi connectivity index (χ1v) is 12.0. The number of anilines is 1. The van der Waals surface area contributed by atoms with Gasteiger partial charge in [-0.25, -0.2) is 8.42 Å². The van der Waals surface area contributed by atoms with Gasteiger partial charge in [-0.3, -0.25) is 4.72 Å². The standard InChI is InChI=1S/C23H30N2O2S/c1-2-15-25-16-14-21(17-25)20-6-10-22(11-7-20)24-28(26,27)23-12-8-19(9-13-23)18-4-3-5-18/h6-13,18,21,24H,2-5,14-17H2,1H3. The first-order valence-electron chi connectivity index (χ1n) is 10.5. The van der Waals surface area contributed by atoms with E-state index in [0.717, 1.165) is 19.6 Å². The summed E-state index contributed by atoms with van der Waals surface area (Å²) in [7, 11) is -3.55. The van der Waals surface area contributed by atoms with Crippen molar-refractivity contribution in [2.75, 3.05) is 24.4 Å². The molecule has 0 amide bonds. The van der Waals surface area contributed by atoms with Crippen LogP contribution in [0.1, 0.15) is 62.0 Å². The summed E-state index contributed by atoms with van der Waals surface area (Å²) in [5, 5.41) is 0. The maximum atomic E-state index is 12.7. The van der Waals surface area contributed by atoms with Crippen LogP contribution in [-0.2, 0) is 10.0 Å². The van der Waals surface area contributed by atoms with Crippen LogP contribution in [0.5, 0.6) is 0 Å². The summed E-state index contributed by atoms with van der Waals surface area (Å²) in [6, 6.07) is 15.3. The van der Waals surface area contributed by atoms with Gasteiger partial charge in [-0.2, -0.15) is 0 Å². The molecule has 0 radical (unpaired) electrons. The molecule has 4 nitrogen and oxygen atoms in total. The predicted molar refractivity (Wildman–Crippen MR) is 114 cm³/mol. The van der Waals surface area contributed by atoms with Gasteiger partial charge in [0.2, 0.25) is 0 Å². The van der Waals surface area contributed by atoms with Crippen molar-refractivity contribution in [3.8, 4) is 0 Å². The van der Waals surface area contributed by atoms with Crippen LogP contribution in [0.4, 0.5) is 5.69 Å². The topological polar surface area (TPSA) is 49.4 Å². The third kappa shape index (κ3) is 4.26. The van der Waals surface area contributed by atoms with Gasteiger partial charge in [0.25, 0.3) is 10.0 Å². The number of hydrogen-bond donors (Lipinski definition) is 1. The van der Waals surface area contributed by atoms with Crippen LogP contribution < -0.4 is 4.72 Å². The third-order valence-corrected chi connectivity index (χ3v) is 7.61. The molecule has 0 aromatic heterocycles. The van der Waals surface area contributed by atoms with Gasteiger partial charge in [-0.05, 0) is 86.0 Å². The summed E-state index contributed by atoms with van der Waals surface area (Å²) in [5.74, 6) is 1.16. The highest BCUT2D eigenvalue weighted by atomic mass is 32.2. The fourth-order valence-electron chi connectivity index (χ4n) is 4.32. The summed E-state index contributed by atoms with van der Waals surface area (Å²) >= 11 is 0. The molecular weight excluding hydrogens is 368 g/mol. The van der Waals surface area contributed by atoms with Crippen LogP contribution in [0, 0.1) is 0 Å². The number of sulfonamides is 1. The van der Waals surface area contributed by atoms with E-state index in [1.165, 1.54) is 43.2 Å². The second-order valence-corrected chi connectivity index (χ2v) is 9.89. The van der Waals surface area contributed by atoms with E-state index in [-0.39, 0.29) is 0 Å². The monoisotopic (exact) mass is 398 g/mol. The number of likely N-dealkylation sites (tertiary alicyclic amines) is 1. The molecule has 5 heteroatoms. The van der Waals surface area contributed by atoms with Crippen LogP contribution in [0.25, 0.3) is 0 Å². The number of benzene rings is 2. The lowest BCUT2D eigenvalue weighted by atomic mass is 9.80. The van der Waals surface area contributed by atoms with Gasteiger partial charge in [0.1, 0.15) is 0 Å². The maximum absolute atomic E-state index is 12.7. The Morgan fingerprint density at radius 1 is 0.929 bits per heavy atom. The quantitative estimate of drug-likeness (QED) is 0.717. The molecule has 2 aromatic rings. The normalized spacial score (nSPS) is 20.8. The third-order valence-electron chi connectivity index (χ3n) is 6.21. The molecule has 1 unspecified atom stereocenters. The Hall–Kier alpha value is -1.85. The molecule has 0 bridgehead atoms. The van der Waals surface area contributed by atoms with Crippen LogP contribution in [0.2, 0.25) is 0 Å². The highest BCUT2D eigenvalue weighted by molar-refractivity contribution is 7.92. The van der Waals surface area contributed by atoms with Crippen molar-refractivity contribution < 1.29 is 8.42 Å². The number of nitrogens with zero attached hydrogens (tertiary/aromatic N) is 1. The van der Waals surface area contributed by atoms with E-state index in [4.69, 9.17) is 0 Å². The Balaban J connectivity index is 1.40. The van der Waals surface area contributed by atoms with E-state index in [0.29, 0.717) is 22.4 Å². The minimum atomic E-state index is -3.55. The van der Waals surface area contributed by atoms with E-state index in [9.17, 15) is 8.42 Å². The van der Waals surface area contributed by atoms with Gasteiger partial charge >= 0.3 is 0 Å². The number of rotatable bonds is 7. The highest BCUT2D eigenvalue weighted by Gasteiger charge is 2.23. The van der Waals surface area contributed by atoms with E-state index >= 15 is 0 Å². The molecule has 150 valence electrons. The van der Waals surface area contributed by atoms with Crippen molar-refractivity contribution in [3.05, 3.63) is 59.7 Å². The van der Waals surface area contributed by atoms with Gasteiger partial charge in [0.05, 0.1) is 4.90 Å². The zero-order chi connectivity index (χ0) is 19.6. The van der Waals surface area contributed by atoms with Crippen LogP contribution in [0.3, 0.4) is 0 Å². The van der Waals surface area contributed by atoms with Gasteiger partial charge in [0.15, 0.2) is 0 Å². The molecule has 1 heterocycles. The average molecular weight is 399 g/mol. The molecule has 28 heavy (non-hydrogen) atoms. The van der Waals surface area contributed by atoms with Gasteiger partial charge in [-0.1, -0.05) is 37.6 Å². The molecule has 1 atom stereocenters. The summed E-state index contributed by atoms with van der Waals surface area (Å²) in [6.07, 6.45) is 6.08. The SMILES string of the molecule is CCCN1CCC(c2ccc(NS(=O)(=O)c3ccc(C4CCC4)cc3)cc2)C1. The lowest BCUT2D eigenvalue weighted by molar-refractivity contribution is 0.335. The first kappa shape index (κ1) is 19.5. The van der Waals surface area contributed by atoms with E-state index in [2.05, 4.69) is 28.7 Å². The van der Waals surface area contributed by atoms with Crippen LogP contribution >= 0.6 is 0 Å². The molecule has 1 N–H and O–H groups in total. The summed E-state index contributed by atoms with van der Waals surface area (Å²) in [6.45, 7) is 5.64. The maximum Gasteiger partial charge on any atom is 0.261 e. The van der Waals surface area contributed by atoms with Crippen molar-refractivity contribution >= 4 is 15.7 Å². The molecule has 1 aliphatic heterocycles. The molecule has 4 rings (SSSR count). The van der Waals surface area contributed by atoms with Gasteiger partial charge in [-0.15, -0.1) is 0 Å². The summed E-state index contributed by atoms with van der Waals surface area (Å²) in [5.41, 5.74) is 3.17. The van der Waals surface area contributed by atoms with E-state index in [1.807, 2.05) is 24.3 Å². The van der Waals surface area contributed by atoms with Crippen molar-refractivity contribution in [1.29, 1.82) is 0 Å². The van der Waals surface area contributed by atoms with Gasteiger partial charge < -0.3 is 4.90 Å². The zero-order valence-electron chi connectivity index (χ0n) is 16.6. The van der Waals surface area contributed by atoms with Crippen LogP contribution in [-0.4, -0.2) is 33.0 Å². The molecule has 2 aromatic carbocycles. The lowest BCUT2D eigenvalue weighted by Gasteiger charge is -2.25. The largest absolute Gasteiger partial charge is 0.303 e. The van der Waals surface area contributed by atoms with Crippen LogP contribution in [0.15, 0.2) is 53.4 Å². The summed E-state index contributed by atoms with van der Waals surface area (Å²) < 4.78 is 28.1. The first-order chi connectivity index (χ1) is 13.5. The molecular formula is C23H30N2O2S. The Labute approximate surface area is 169 Å². The second-order valence-electron chi connectivity index (χ2n) is 8.21. The smallest absolute Gasteiger partial charge is 0.261 e. The second kappa shape index (κ2) is 8.26. The molecule has 2 aliphatic rings. The Kier molecular flexibility index (Phi) is 5.74. The Morgan fingerprint density at radius 2 is 1.57 bits per heavy atom.